The summed E-state index contributed by atoms with van der Waals surface area (Å²) in [6.07, 6.45) is 1.58. The van der Waals surface area contributed by atoms with Gasteiger partial charge in [0.25, 0.3) is 0 Å². The van der Waals surface area contributed by atoms with E-state index in [1.54, 1.807) is 30.4 Å². The molecular formula is C17H21N3O3S2. The van der Waals surface area contributed by atoms with Crippen molar-refractivity contribution in [1.29, 1.82) is 0 Å². The average molecular weight is 380 g/mol. The summed E-state index contributed by atoms with van der Waals surface area (Å²) >= 11 is 1.59. The fourth-order valence-electron chi connectivity index (χ4n) is 2.84. The van der Waals surface area contributed by atoms with Crippen LogP contribution in [0.25, 0.3) is 0 Å². The molecule has 2 N–H and O–H groups in total. The first-order valence-electron chi connectivity index (χ1n) is 8.20. The summed E-state index contributed by atoms with van der Waals surface area (Å²) in [4.78, 5) is 13.1. The number of sulfonamides is 1. The molecule has 1 aromatic carbocycles. The quantitative estimate of drug-likeness (QED) is 0.837. The molecule has 3 rings (SSSR count). The molecule has 0 fully saturated rings. The van der Waals surface area contributed by atoms with Crippen LogP contribution in [0.1, 0.15) is 23.8 Å². The molecule has 0 atom stereocenters. The number of nitrogens with zero attached hydrogens (tertiary/aromatic N) is 1. The molecule has 1 aromatic heterocycles. The minimum absolute atomic E-state index is 0.0809. The highest BCUT2D eigenvalue weighted by atomic mass is 32.2. The molecule has 8 heteroatoms. The van der Waals surface area contributed by atoms with Gasteiger partial charge in [0.05, 0.1) is 18.0 Å². The Bertz CT molecular complexity index is 848. The first-order valence-corrected chi connectivity index (χ1v) is 10.7. The van der Waals surface area contributed by atoms with Gasteiger partial charge in [-0.05, 0) is 55.0 Å². The lowest BCUT2D eigenvalue weighted by Gasteiger charge is -2.30. The number of urea groups is 1. The maximum atomic E-state index is 12.2. The van der Waals surface area contributed by atoms with E-state index >= 15 is 0 Å². The van der Waals surface area contributed by atoms with Gasteiger partial charge in [-0.25, -0.2) is 13.2 Å². The van der Waals surface area contributed by atoms with Gasteiger partial charge in [0.15, 0.2) is 0 Å². The molecule has 0 saturated heterocycles. The molecule has 0 unspecified atom stereocenters. The second kappa shape index (κ2) is 7.45. The van der Waals surface area contributed by atoms with E-state index in [0.717, 1.165) is 29.0 Å². The maximum Gasteiger partial charge on any atom is 0.319 e. The summed E-state index contributed by atoms with van der Waals surface area (Å²) in [5.74, 6) is 0.0809. The van der Waals surface area contributed by atoms with Crippen molar-refractivity contribution in [2.24, 2.45) is 0 Å². The van der Waals surface area contributed by atoms with Crippen LogP contribution in [0, 0.1) is 0 Å². The molecule has 0 saturated carbocycles. The number of carbonyl (C=O) groups is 1. The van der Waals surface area contributed by atoms with Crippen molar-refractivity contribution in [3.05, 3.63) is 46.2 Å². The maximum absolute atomic E-state index is 12.2. The van der Waals surface area contributed by atoms with Crippen molar-refractivity contribution < 1.29 is 13.2 Å². The Balaban J connectivity index is 1.69. The van der Waals surface area contributed by atoms with E-state index in [2.05, 4.69) is 10.6 Å². The van der Waals surface area contributed by atoms with Crippen molar-refractivity contribution in [3.8, 4) is 0 Å². The van der Waals surface area contributed by atoms with Gasteiger partial charge in [0.1, 0.15) is 0 Å². The Labute approximate surface area is 151 Å². The van der Waals surface area contributed by atoms with Crippen LogP contribution in [0.4, 0.5) is 16.2 Å². The zero-order chi connectivity index (χ0) is 17.9. The molecule has 1 aliphatic rings. The van der Waals surface area contributed by atoms with Crippen LogP contribution in [-0.2, 0) is 23.0 Å². The summed E-state index contributed by atoms with van der Waals surface area (Å²) in [6, 6.07) is 9.01. The number of anilines is 2. The molecule has 0 bridgehead atoms. The SMILES string of the molecule is CCS(=O)(=O)N1CCCc2cc(NC(=O)NCc3cccs3)ccc21. The Morgan fingerprint density at radius 2 is 2.16 bits per heavy atom. The second-order valence-corrected chi connectivity index (χ2v) is 9.02. The van der Waals surface area contributed by atoms with Crippen LogP contribution in [0.3, 0.4) is 0 Å². The van der Waals surface area contributed by atoms with Gasteiger partial charge in [-0.1, -0.05) is 6.07 Å². The zero-order valence-electron chi connectivity index (χ0n) is 14.0. The van der Waals surface area contributed by atoms with Crippen molar-refractivity contribution in [3.63, 3.8) is 0 Å². The number of carbonyl (C=O) groups excluding carboxylic acids is 1. The highest BCUT2D eigenvalue weighted by Crippen LogP contribution is 2.31. The molecule has 2 aromatic rings. The number of hydrogen-bond acceptors (Lipinski definition) is 4. The Morgan fingerprint density at radius 1 is 1.32 bits per heavy atom. The van der Waals surface area contributed by atoms with E-state index in [0.29, 0.717) is 18.8 Å². The zero-order valence-corrected chi connectivity index (χ0v) is 15.6. The summed E-state index contributed by atoms with van der Waals surface area (Å²) in [5, 5.41) is 7.59. The Kier molecular flexibility index (Phi) is 5.29. The average Bonchev–Trinajstić information content (AvgIpc) is 3.13. The lowest BCUT2D eigenvalue weighted by Crippen LogP contribution is -2.36. The fourth-order valence-corrected chi connectivity index (χ4v) is 4.68. The summed E-state index contributed by atoms with van der Waals surface area (Å²) in [7, 11) is -3.27. The van der Waals surface area contributed by atoms with Gasteiger partial charge < -0.3 is 10.6 Å². The second-order valence-electron chi connectivity index (χ2n) is 5.81. The molecule has 134 valence electrons. The molecule has 6 nitrogen and oxygen atoms in total. The number of aryl methyl sites for hydroxylation is 1. The lowest BCUT2D eigenvalue weighted by atomic mass is 10.0. The summed E-state index contributed by atoms with van der Waals surface area (Å²) in [6.45, 7) is 2.64. The third-order valence-corrected chi connectivity index (χ3v) is 6.77. The van der Waals surface area contributed by atoms with Crippen LogP contribution >= 0.6 is 11.3 Å². The fraction of sp³-hybridized carbons (Fsp3) is 0.353. The van der Waals surface area contributed by atoms with Gasteiger partial charge in [-0.15, -0.1) is 11.3 Å². The first kappa shape index (κ1) is 17.8. The normalized spacial score (nSPS) is 14.0. The molecule has 0 spiro atoms. The molecule has 2 heterocycles. The van der Waals surface area contributed by atoms with Gasteiger partial charge in [0, 0.05) is 17.1 Å². The van der Waals surface area contributed by atoms with Gasteiger partial charge in [0.2, 0.25) is 10.0 Å². The number of nitrogens with one attached hydrogen (secondary N) is 2. The topological polar surface area (TPSA) is 78.5 Å². The number of amides is 2. The number of benzene rings is 1. The van der Waals surface area contributed by atoms with Crippen molar-refractivity contribution in [2.75, 3.05) is 21.9 Å². The lowest BCUT2D eigenvalue weighted by molar-refractivity contribution is 0.252. The number of hydrogen-bond donors (Lipinski definition) is 2. The predicted molar refractivity (Wildman–Crippen MR) is 102 cm³/mol. The van der Waals surface area contributed by atoms with Crippen molar-refractivity contribution in [1.82, 2.24) is 5.32 Å². The highest BCUT2D eigenvalue weighted by molar-refractivity contribution is 7.92. The highest BCUT2D eigenvalue weighted by Gasteiger charge is 2.26. The van der Waals surface area contributed by atoms with Crippen LogP contribution in [0.5, 0.6) is 0 Å². The largest absolute Gasteiger partial charge is 0.333 e. The minimum atomic E-state index is -3.27. The van der Waals surface area contributed by atoms with Crippen LogP contribution in [0.2, 0.25) is 0 Å². The third-order valence-electron chi connectivity index (χ3n) is 4.12. The van der Waals surface area contributed by atoms with Gasteiger partial charge in [-0.2, -0.15) is 0 Å². The van der Waals surface area contributed by atoms with Gasteiger partial charge in [-0.3, -0.25) is 4.31 Å². The monoisotopic (exact) mass is 379 g/mol. The van der Waals surface area contributed by atoms with E-state index in [4.69, 9.17) is 0 Å². The first-order chi connectivity index (χ1) is 12.0. The molecule has 25 heavy (non-hydrogen) atoms. The van der Waals surface area contributed by atoms with Crippen molar-refractivity contribution >= 4 is 38.8 Å². The molecule has 2 amide bonds. The molecule has 1 aliphatic heterocycles. The molecule has 0 radical (unpaired) electrons. The number of thiophene rings is 1. The summed E-state index contributed by atoms with van der Waals surface area (Å²) < 4.78 is 25.9. The van der Waals surface area contributed by atoms with E-state index in [9.17, 15) is 13.2 Å². The Morgan fingerprint density at radius 3 is 2.88 bits per heavy atom. The minimum Gasteiger partial charge on any atom is -0.333 e. The predicted octanol–water partition coefficient (Wildman–Crippen LogP) is 3.17. The standard InChI is InChI=1S/C17H21N3O3S2/c1-2-25(22,23)20-9-3-5-13-11-14(7-8-16(13)20)19-17(21)18-12-15-6-4-10-24-15/h4,6-8,10-11H,2-3,5,9,12H2,1H3,(H2,18,19,21). The molecule has 0 aliphatic carbocycles. The van der Waals surface area contributed by atoms with Crippen LogP contribution < -0.4 is 14.9 Å². The van der Waals surface area contributed by atoms with E-state index < -0.39 is 10.0 Å². The summed E-state index contributed by atoms with van der Waals surface area (Å²) in [5.41, 5.74) is 2.33. The van der Waals surface area contributed by atoms with E-state index in [1.165, 1.54) is 4.31 Å². The number of rotatable bonds is 5. The third kappa shape index (κ3) is 4.13. The number of fused-ring (bicyclic) bond motifs is 1. The van der Waals surface area contributed by atoms with E-state index in [1.807, 2.05) is 23.6 Å². The molecular weight excluding hydrogens is 358 g/mol. The van der Waals surface area contributed by atoms with Crippen molar-refractivity contribution in [2.45, 2.75) is 26.3 Å². The van der Waals surface area contributed by atoms with Crippen LogP contribution in [0.15, 0.2) is 35.7 Å². The van der Waals surface area contributed by atoms with E-state index in [-0.39, 0.29) is 11.8 Å². The van der Waals surface area contributed by atoms with Gasteiger partial charge >= 0.3 is 6.03 Å². The smallest absolute Gasteiger partial charge is 0.319 e. The Hall–Kier alpha value is -2.06. The van der Waals surface area contributed by atoms with Crippen LogP contribution in [-0.4, -0.2) is 26.7 Å².